The lowest BCUT2D eigenvalue weighted by Gasteiger charge is -2.35. The number of carbonyl (C=O) groups is 1. The molecule has 7 heteroatoms. The number of nitrogens with zero attached hydrogens (tertiary/aromatic N) is 3. The Bertz CT molecular complexity index is 895. The summed E-state index contributed by atoms with van der Waals surface area (Å²) < 4.78 is 7.74. The highest BCUT2D eigenvalue weighted by molar-refractivity contribution is 7.15. The smallest absolute Gasteiger partial charge is 0.226 e. The Kier molecular flexibility index (Phi) is 5.75. The van der Waals surface area contributed by atoms with E-state index in [2.05, 4.69) is 53.3 Å². The minimum Gasteiger partial charge on any atom is -0.373 e. The summed E-state index contributed by atoms with van der Waals surface area (Å²) in [5, 5.41) is 4.97. The molecule has 0 spiro atoms. The molecular weight excluding hydrogens is 372 g/mol. The number of benzene rings is 1. The number of amides is 1. The summed E-state index contributed by atoms with van der Waals surface area (Å²) in [6.45, 7) is 7.65. The molecule has 0 radical (unpaired) electrons. The van der Waals surface area contributed by atoms with Crippen LogP contribution in [0.1, 0.15) is 30.7 Å². The van der Waals surface area contributed by atoms with Crippen molar-refractivity contribution in [2.45, 2.75) is 45.6 Å². The molecule has 2 unspecified atom stereocenters. The highest BCUT2D eigenvalue weighted by Gasteiger charge is 2.21. The van der Waals surface area contributed by atoms with E-state index in [0.29, 0.717) is 13.0 Å². The molecule has 0 saturated carbocycles. The van der Waals surface area contributed by atoms with Gasteiger partial charge in [-0.2, -0.15) is 0 Å². The fourth-order valence-electron chi connectivity index (χ4n) is 3.72. The van der Waals surface area contributed by atoms with Crippen LogP contribution in [0.5, 0.6) is 0 Å². The molecule has 28 heavy (non-hydrogen) atoms. The van der Waals surface area contributed by atoms with Gasteiger partial charge in [-0.15, -0.1) is 11.3 Å². The van der Waals surface area contributed by atoms with Gasteiger partial charge in [-0.05, 0) is 25.0 Å². The van der Waals surface area contributed by atoms with Crippen LogP contribution in [0.2, 0.25) is 0 Å². The maximum Gasteiger partial charge on any atom is 0.226 e. The largest absolute Gasteiger partial charge is 0.373 e. The minimum absolute atomic E-state index is 0.00822. The third-order valence-electron chi connectivity index (χ3n) is 4.90. The van der Waals surface area contributed by atoms with Gasteiger partial charge in [0.1, 0.15) is 0 Å². The minimum atomic E-state index is -0.00822. The van der Waals surface area contributed by atoms with Crippen molar-refractivity contribution in [1.29, 1.82) is 0 Å². The van der Waals surface area contributed by atoms with E-state index >= 15 is 0 Å². The first-order valence-electron chi connectivity index (χ1n) is 9.68. The first kappa shape index (κ1) is 19.1. The van der Waals surface area contributed by atoms with Crippen LogP contribution in [0.4, 0.5) is 0 Å². The van der Waals surface area contributed by atoms with E-state index in [4.69, 9.17) is 4.74 Å². The number of ether oxygens (including phenoxy) is 1. The van der Waals surface area contributed by atoms with Crippen molar-refractivity contribution in [2.24, 2.45) is 0 Å². The lowest BCUT2D eigenvalue weighted by atomic mass is 10.1. The molecule has 2 atom stereocenters. The quantitative estimate of drug-likeness (QED) is 0.694. The Balaban J connectivity index is 1.26. The van der Waals surface area contributed by atoms with E-state index in [-0.39, 0.29) is 18.1 Å². The SMILES string of the molecule is CC1CN(Cc2ccc(CNC(=O)Cc3cn4ccsc4n3)cc2)CC(C)O1. The molecule has 1 aliphatic rings. The standard InChI is InChI=1S/C21H26N4O2S/c1-15-11-24(12-16(2)27-15)13-18-5-3-17(4-6-18)10-22-20(26)9-19-14-25-7-8-28-21(25)23-19/h3-8,14-16H,9-13H2,1-2H3,(H,22,26). The molecule has 2 aromatic heterocycles. The number of rotatable bonds is 6. The number of imidazole rings is 1. The lowest BCUT2D eigenvalue weighted by molar-refractivity contribution is -0.120. The number of aromatic nitrogens is 2. The normalized spacial score (nSPS) is 20.5. The van der Waals surface area contributed by atoms with E-state index in [1.54, 1.807) is 11.3 Å². The number of hydrogen-bond acceptors (Lipinski definition) is 5. The van der Waals surface area contributed by atoms with Crippen molar-refractivity contribution in [1.82, 2.24) is 19.6 Å². The third kappa shape index (κ3) is 4.79. The van der Waals surface area contributed by atoms with Crippen LogP contribution >= 0.6 is 11.3 Å². The molecule has 3 aromatic rings. The zero-order chi connectivity index (χ0) is 19.5. The predicted molar refractivity (Wildman–Crippen MR) is 110 cm³/mol. The van der Waals surface area contributed by atoms with Crippen molar-refractivity contribution in [2.75, 3.05) is 13.1 Å². The molecule has 148 valence electrons. The maximum atomic E-state index is 12.2. The molecule has 1 amide bonds. The van der Waals surface area contributed by atoms with Gasteiger partial charge in [0.2, 0.25) is 5.91 Å². The average Bonchev–Trinajstić information content (AvgIpc) is 3.22. The van der Waals surface area contributed by atoms with Crippen LogP contribution in [-0.2, 0) is 29.0 Å². The van der Waals surface area contributed by atoms with E-state index < -0.39 is 0 Å². The summed E-state index contributed by atoms with van der Waals surface area (Å²) in [4.78, 5) is 20.0. The van der Waals surface area contributed by atoms with E-state index in [9.17, 15) is 4.79 Å². The molecule has 0 aliphatic carbocycles. The molecule has 1 saturated heterocycles. The van der Waals surface area contributed by atoms with Gasteiger partial charge in [0.25, 0.3) is 0 Å². The van der Waals surface area contributed by atoms with Crippen molar-refractivity contribution in [3.63, 3.8) is 0 Å². The molecular formula is C21H26N4O2S. The van der Waals surface area contributed by atoms with Gasteiger partial charge in [0.05, 0.1) is 24.3 Å². The van der Waals surface area contributed by atoms with Crippen molar-refractivity contribution in [3.05, 3.63) is 58.9 Å². The molecule has 1 N–H and O–H groups in total. The molecule has 1 aromatic carbocycles. The highest BCUT2D eigenvalue weighted by atomic mass is 32.1. The predicted octanol–water partition coefficient (Wildman–Crippen LogP) is 2.86. The molecule has 4 rings (SSSR count). The van der Waals surface area contributed by atoms with Crippen molar-refractivity contribution in [3.8, 4) is 0 Å². The van der Waals surface area contributed by atoms with Crippen molar-refractivity contribution >= 4 is 22.2 Å². The fraction of sp³-hybridized carbons (Fsp3) is 0.429. The van der Waals surface area contributed by atoms with Gasteiger partial charge in [-0.25, -0.2) is 4.98 Å². The Labute approximate surface area is 169 Å². The molecule has 3 heterocycles. The zero-order valence-corrected chi connectivity index (χ0v) is 17.1. The Hall–Kier alpha value is -2.22. The zero-order valence-electron chi connectivity index (χ0n) is 16.3. The van der Waals surface area contributed by atoms with Crippen LogP contribution in [0.3, 0.4) is 0 Å². The molecule has 0 bridgehead atoms. The maximum absolute atomic E-state index is 12.2. The van der Waals surface area contributed by atoms with Crippen molar-refractivity contribution < 1.29 is 9.53 Å². The summed E-state index contributed by atoms with van der Waals surface area (Å²) in [7, 11) is 0. The fourth-order valence-corrected chi connectivity index (χ4v) is 4.44. The van der Waals surface area contributed by atoms with Gasteiger partial charge < -0.3 is 10.1 Å². The Morgan fingerprint density at radius 3 is 2.64 bits per heavy atom. The Morgan fingerprint density at radius 1 is 1.21 bits per heavy atom. The summed E-state index contributed by atoms with van der Waals surface area (Å²) in [6, 6.07) is 8.48. The van der Waals surface area contributed by atoms with Gasteiger partial charge >= 0.3 is 0 Å². The highest BCUT2D eigenvalue weighted by Crippen LogP contribution is 2.15. The lowest BCUT2D eigenvalue weighted by Crippen LogP contribution is -2.44. The van der Waals surface area contributed by atoms with E-state index in [1.165, 1.54) is 5.56 Å². The van der Waals surface area contributed by atoms with Gasteiger partial charge in [-0.1, -0.05) is 24.3 Å². The summed E-state index contributed by atoms with van der Waals surface area (Å²) >= 11 is 1.57. The number of morpholine rings is 1. The van der Waals surface area contributed by atoms with E-state index in [0.717, 1.165) is 35.9 Å². The molecule has 1 aliphatic heterocycles. The first-order chi connectivity index (χ1) is 13.5. The molecule has 1 fully saturated rings. The number of hydrogen-bond donors (Lipinski definition) is 1. The van der Waals surface area contributed by atoms with Crippen LogP contribution in [0.25, 0.3) is 4.96 Å². The summed E-state index contributed by atoms with van der Waals surface area (Å²) in [5.41, 5.74) is 3.19. The number of fused-ring (bicyclic) bond motifs is 1. The van der Waals surface area contributed by atoms with Crippen LogP contribution < -0.4 is 5.32 Å². The van der Waals surface area contributed by atoms with Gasteiger partial charge in [0.15, 0.2) is 4.96 Å². The van der Waals surface area contributed by atoms with Crippen LogP contribution in [-0.4, -0.2) is 45.5 Å². The number of nitrogens with one attached hydrogen (secondary N) is 1. The van der Waals surface area contributed by atoms with E-state index in [1.807, 2.05) is 22.2 Å². The van der Waals surface area contributed by atoms with Crippen LogP contribution in [0.15, 0.2) is 42.0 Å². The monoisotopic (exact) mass is 398 g/mol. The second kappa shape index (κ2) is 8.43. The summed E-state index contributed by atoms with van der Waals surface area (Å²) in [5.74, 6) is -0.00822. The topological polar surface area (TPSA) is 58.9 Å². The Morgan fingerprint density at radius 2 is 1.93 bits per heavy atom. The third-order valence-corrected chi connectivity index (χ3v) is 5.67. The number of carbonyl (C=O) groups excluding carboxylic acids is 1. The number of thiazole rings is 1. The average molecular weight is 399 g/mol. The molecule has 6 nitrogen and oxygen atoms in total. The second-order valence-corrected chi connectivity index (χ2v) is 8.42. The summed E-state index contributed by atoms with van der Waals surface area (Å²) in [6.07, 6.45) is 4.73. The van der Waals surface area contributed by atoms with Gasteiger partial charge in [-0.3, -0.25) is 14.1 Å². The van der Waals surface area contributed by atoms with Crippen LogP contribution in [0, 0.1) is 0 Å². The first-order valence-corrected chi connectivity index (χ1v) is 10.6. The van der Waals surface area contributed by atoms with Gasteiger partial charge in [0, 0.05) is 44.0 Å². The second-order valence-electron chi connectivity index (χ2n) is 7.55.